The molecule has 9 heteroatoms. The van der Waals surface area contributed by atoms with E-state index in [0.29, 0.717) is 45.3 Å². The summed E-state index contributed by atoms with van der Waals surface area (Å²) in [7, 11) is 0. The molecule has 0 radical (unpaired) electrons. The molecule has 1 N–H and O–H groups in total. The van der Waals surface area contributed by atoms with Gasteiger partial charge in [0, 0.05) is 19.3 Å². The molecule has 7 nitrogen and oxygen atoms in total. The van der Waals surface area contributed by atoms with Crippen molar-refractivity contribution in [3.63, 3.8) is 0 Å². The zero-order valence-electron chi connectivity index (χ0n) is 17.9. The molecule has 1 amide bonds. The fourth-order valence-corrected chi connectivity index (χ4v) is 4.86. The summed E-state index contributed by atoms with van der Waals surface area (Å²) < 4.78 is 7.68. The lowest BCUT2D eigenvalue weighted by Crippen LogP contribution is -2.35. The Morgan fingerprint density at radius 3 is 2.90 bits per heavy atom. The SMILES string of the molecule is Cc1ccc2nc(NCC(C)C)c(C=C3SC(=S)N(CC4CCCO4)C3=O)c(=O)n2c1. The molecule has 2 saturated heterocycles. The summed E-state index contributed by atoms with van der Waals surface area (Å²) in [4.78, 5) is 33.1. The van der Waals surface area contributed by atoms with Crippen LogP contribution in [0.2, 0.25) is 0 Å². The highest BCUT2D eigenvalue weighted by Crippen LogP contribution is 2.34. The van der Waals surface area contributed by atoms with Crippen molar-refractivity contribution in [1.82, 2.24) is 14.3 Å². The van der Waals surface area contributed by atoms with Crippen molar-refractivity contribution in [2.75, 3.05) is 25.0 Å². The van der Waals surface area contributed by atoms with Gasteiger partial charge < -0.3 is 10.1 Å². The van der Waals surface area contributed by atoms with Gasteiger partial charge >= 0.3 is 0 Å². The van der Waals surface area contributed by atoms with Crippen LogP contribution in [0.5, 0.6) is 0 Å². The van der Waals surface area contributed by atoms with Gasteiger partial charge in [-0.1, -0.05) is 43.9 Å². The average molecular weight is 459 g/mol. The molecule has 2 fully saturated rings. The number of anilines is 1. The maximum atomic E-state index is 13.3. The molecule has 1 atom stereocenters. The molecule has 31 heavy (non-hydrogen) atoms. The van der Waals surface area contributed by atoms with Crippen LogP contribution < -0.4 is 10.9 Å². The van der Waals surface area contributed by atoms with Gasteiger partial charge in [-0.2, -0.15) is 0 Å². The number of pyridine rings is 1. The van der Waals surface area contributed by atoms with Gasteiger partial charge in [-0.05, 0) is 43.4 Å². The van der Waals surface area contributed by atoms with Crippen LogP contribution in [-0.4, -0.2) is 50.3 Å². The van der Waals surface area contributed by atoms with E-state index in [1.165, 1.54) is 16.2 Å². The molecule has 1 unspecified atom stereocenters. The van der Waals surface area contributed by atoms with Crippen LogP contribution in [0.3, 0.4) is 0 Å². The maximum Gasteiger partial charge on any atom is 0.267 e. The van der Waals surface area contributed by atoms with Crippen molar-refractivity contribution in [2.45, 2.75) is 39.7 Å². The first kappa shape index (κ1) is 22.0. The number of nitrogens with one attached hydrogen (secondary N) is 1. The maximum absolute atomic E-state index is 13.3. The number of aromatic nitrogens is 2. The summed E-state index contributed by atoms with van der Waals surface area (Å²) in [6.45, 7) is 7.93. The highest BCUT2D eigenvalue weighted by Gasteiger charge is 2.35. The lowest BCUT2D eigenvalue weighted by Gasteiger charge is -2.18. The molecular weight excluding hydrogens is 432 g/mol. The molecule has 0 aromatic carbocycles. The molecule has 0 aliphatic carbocycles. The number of nitrogens with zero attached hydrogens (tertiary/aromatic N) is 3. The van der Waals surface area contributed by atoms with E-state index in [9.17, 15) is 9.59 Å². The van der Waals surface area contributed by atoms with Crippen molar-refractivity contribution < 1.29 is 9.53 Å². The first-order valence-electron chi connectivity index (χ1n) is 10.5. The van der Waals surface area contributed by atoms with Crippen molar-refractivity contribution >= 4 is 51.7 Å². The molecule has 2 aliphatic rings. The lowest BCUT2D eigenvalue weighted by atomic mass is 10.2. The van der Waals surface area contributed by atoms with Gasteiger partial charge in [0.1, 0.15) is 15.8 Å². The monoisotopic (exact) mass is 458 g/mol. The molecular formula is C22H26N4O3S2. The summed E-state index contributed by atoms with van der Waals surface area (Å²) in [6.07, 6.45) is 5.33. The molecule has 4 heterocycles. The fourth-order valence-electron chi connectivity index (χ4n) is 3.60. The quantitative estimate of drug-likeness (QED) is 0.525. The predicted molar refractivity (Wildman–Crippen MR) is 128 cm³/mol. The molecule has 2 aromatic rings. The van der Waals surface area contributed by atoms with Crippen LogP contribution in [0.4, 0.5) is 5.82 Å². The Kier molecular flexibility index (Phi) is 6.45. The number of rotatable bonds is 6. The van der Waals surface area contributed by atoms with Gasteiger partial charge in [-0.25, -0.2) is 4.98 Å². The zero-order chi connectivity index (χ0) is 22.1. The second-order valence-electron chi connectivity index (χ2n) is 8.32. The highest BCUT2D eigenvalue weighted by atomic mass is 32.2. The topological polar surface area (TPSA) is 75.9 Å². The Morgan fingerprint density at radius 1 is 1.39 bits per heavy atom. The zero-order valence-corrected chi connectivity index (χ0v) is 19.5. The second-order valence-corrected chi connectivity index (χ2v) is 9.99. The van der Waals surface area contributed by atoms with E-state index in [0.717, 1.165) is 25.0 Å². The van der Waals surface area contributed by atoms with Crippen molar-refractivity contribution in [3.8, 4) is 0 Å². The van der Waals surface area contributed by atoms with Gasteiger partial charge in [0.15, 0.2) is 0 Å². The number of thioether (sulfide) groups is 1. The van der Waals surface area contributed by atoms with E-state index in [1.54, 1.807) is 17.2 Å². The number of thiocarbonyl (C=S) groups is 1. The number of amides is 1. The normalized spacial score (nSPS) is 20.6. The molecule has 0 spiro atoms. The van der Waals surface area contributed by atoms with Crippen LogP contribution in [-0.2, 0) is 9.53 Å². The Morgan fingerprint density at radius 2 is 2.19 bits per heavy atom. The minimum absolute atomic E-state index is 0.0149. The molecule has 2 aliphatic heterocycles. The van der Waals surface area contributed by atoms with Crippen molar-refractivity contribution in [2.24, 2.45) is 5.92 Å². The van der Waals surface area contributed by atoms with Crippen LogP contribution in [0, 0.1) is 12.8 Å². The molecule has 2 aromatic heterocycles. The predicted octanol–water partition coefficient (Wildman–Crippen LogP) is 3.45. The number of carbonyl (C=O) groups is 1. The number of carbonyl (C=O) groups excluding carboxylic acids is 1. The van der Waals surface area contributed by atoms with E-state index < -0.39 is 0 Å². The van der Waals surface area contributed by atoms with Crippen LogP contribution in [0.1, 0.15) is 37.8 Å². The van der Waals surface area contributed by atoms with Gasteiger partial charge in [0.25, 0.3) is 11.5 Å². The molecule has 0 bridgehead atoms. The summed E-state index contributed by atoms with van der Waals surface area (Å²) in [5.41, 5.74) is 1.66. The third kappa shape index (κ3) is 4.68. The standard InChI is InChI=1S/C22H26N4O3S2/c1-13(2)10-23-19-16(20(27)25-11-14(3)6-7-18(25)24-19)9-17-21(28)26(22(30)31-17)12-15-5-4-8-29-15/h6-7,9,11,13,15,23H,4-5,8,10,12H2,1-3H3. The molecule has 0 saturated carbocycles. The average Bonchev–Trinajstić information content (AvgIpc) is 3.33. The van der Waals surface area contributed by atoms with Crippen molar-refractivity contribution in [1.29, 1.82) is 0 Å². The van der Waals surface area contributed by atoms with Gasteiger partial charge in [0.05, 0.1) is 23.1 Å². The number of hydrogen-bond donors (Lipinski definition) is 1. The lowest BCUT2D eigenvalue weighted by molar-refractivity contribution is -0.123. The van der Waals surface area contributed by atoms with E-state index in [2.05, 4.69) is 24.1 Å². The van der Waals surface area contributed by atoms with Crippen LogP contribution in [0.15, 0.2) is 28.0 Å². The summed E-state index contributed by atoms with van der Waals surface area (Å²) in [6, 6.07) is 3.74. The van der Waals surface area contributed by atoms with Crippen LogP contribution >= 0.6 is 24.0 Å². The first-order chi connectivity index (χ1) is 14.8. The van der Waals surface area contributed by atoms with E-state index >= 15 is 0 Å². The van der Waals surface area contributed by atoms with Crippen molar-refractivity contribution in [3.05, 3.63) is 44.7 Å². The summed E-state index contributed by atoms with van der Waals surface area (Å²) in [5.74, 6) is 0.664. The Balaban J connectivity index is 1.73. The van der Waals surface area contributed by atoms with E-state index in [1.807, 2.05) is 19.1 Å². The first-order valence-corrected chi connectivity index (χ1v) is 11.7. The van der Waals surface area contributed by atoms with Gasteiger partial charge in [-0.3, -0.25) is 18.9 Å². The Hall–Kier alpha value is -2.23. The minimum atomic E-state index is -0.218. The minimum Gasteiger partial charge on any atom is -0.376 e. The third-order valence-electron chi connectivity index (χ3n) is 5.24. The summed E-state index contributed by atoms with van der Waals surface area (Å²) >= 11 is 6.67. The largest absolute Gasteiger partial charge is 0.376 e. The van der Waals surface area contributed by atoms with E-state index in [4.69, 9.17) is 17.0 Å². The van der Waals surface area contributed by atoms with Crippen LogP contribution in [0.25, 0.3) is 11.7 Å². The highest BCUT2D eigenvalue weighted by molar-refractivity contribution is 8.26. The Bertz CT molecular complexity index is 1120. The number of fused-ring (bicyclic) bond motifs is 1. The Labute approximate surface area is 190 Å². The number of ether oxygens (including phenoxy) is 1. The molecule has 4 rings (SSSR count). The van der Waals surface area contributed by atoms with E-state index in [-0.39, 0.29) is 17.6 Å². The number of hydrogen-bond acceptors (Lipinski definition) is 7. The third-order valence-corrected chi connectivity index (χ3v) is 6.62. The number of aryl methyl sites for hydroxylation is 1. The second kappa shape index (κ2) is 9.10. The fraction of sp³-hybridized carbons (Fsp3) is 0.455. The summed E-state index contributed by atoms with van der Waals surface area (Å²) in [5, 5.41) is 3.27. The smallest absolute Gasteiger partial charge is 0.267 e. The van der Waals surface area contributed by atoms with Gasteiger partial charge in [-0.15, -0.1) is 0 Å². The van der Waals surface area contributed by atoms with Gasteiger partial charge in [0.2, 0.25) is 0 Å². The molecule has 164 valence electrons.